The highest BCUT2D eigenvalue weighted by Crippen LogP contribution is 2.36. The topological polar surface area (TPSA) is 63.8 Å². The average molecular weight is 274 g/mol. The molecule has 2 rings (SSSR count). The molecule has 0 aliphatic rings. The highest BCUT2D eigenvalue weighted by molar-refractivity contribution is 7.99. The van der Waals surface area contributed by atoms with Gasteiger partial charge in [-0.2, -0.15) is 0 Å². The Hall–Kier alpha value is -1.59. The number of rotatable bonds is 4. The maximum atomic E-state index is 5.53. The van der Waals surface area contributed by atoms with E-state index < -0.39 is 0 Å². The van der Waals surface area contributed by atoms with E-state index in [2.05, 4.69) is 48.3 Å². The van der Waals surface area contributed by atoms with Gasteiger partial charge in [0.2, 0.25) is 0 Å². The van der Waals surface area contributed by atoms with E-state index in [1.807, 2.05) is 12.1 Å². The molecule has 0 saturated carbocycles. The lowest BCUT2D eigenvalue weighted by atomic mass is 10.1. The fourth-order valence-electron chi connectivity index (χ4n) is 1.87. The van der Waals surface area contributed by atoms with Crippen molar-refractivity contribution in [3.05, 3.63) is 41.7 Å². The first-order chi connectivity index (χ1) is 9.13. The van der Waals surface area contributed by atoms with Crippen LogP contribution in [0.15, 0.2) is 40.5 Å². The van der Waals surface area contributed by atoms with Gasteiger partial charge in [-0.05, 0) is 24.5 Å². The minimum absolute atomic E-state index is 0.304. The highest BCUT2D eigenvalue weighted by Gasteiger charge is 2.15. The molecule has 4 nitrogen and oxygen atoms in total. The molecule has 5 heteroatoms. The van der Waals surface area contributed by atoms with Crippen LogP contribution in [0.3, 0.4) is 0 Å². The second kappa shape index (κ2) is 6.04. The largest absolute Gasteiger partial charge is 0.308 e. The van der Waals surface area contributed by atoms with Crippen LogP contribution in [0.2, 0.25) is 0 Å². The zero-order valence-corrected chi connectivity index (χ0v) is 12.2. The van der Waals surface area contributed by atoms with Crippen molar-refractivity contribution >= 4 is 17.6 Å². The molecule has 0 unspecified atom stereocenters. The van der Waals surface area contributed by atoms with E-state index >= 15 is 0 Å². The van der Waals surface area contributed by atoms with Crippen molar-refractivity contribution in [2.24, 2.45) is 5.84 Å². The van der Waals surface area contributed by atoms with Crippen LogP contribution in [-0.4, -0.2) is 9.97 Å². The third-order valence-electron chi connectivity index (χ3n) is 2.86. The normalized spacial score (nSPS) is 10.8. The van der Waals surface area contributed by atoms with E-state index in [1.54, 1.807) is 18.1 Å². The number of anilines is 1. The lowest BCUT2D eigenvalue weighted by Gasteiger charge is -2.15. The molecule has 0 fully saturated rings. The summed E-state index contributed by atoms with van der Waals surface area (Å²) in [6, 6.07) is 8.27. The molecule has 0 bridgehead atoms. The number of hydrogen-bond acceptors (Lipinski definition) is 5. The fraction of sp³-hybridized carbons (Fsp3) is 0.286. The molecule has 3 N–H and O–H groups in total. The van der Waals surface area contributed by atoms with Crippen LogP contribution >= 0.6 is 11.8 Å². The highest BCUT2D eigenvalue weighted by atomic mass is 32.2. The molecule has 1 aromatic carbocycles. The Bertz CT molecular complexity index is 569. The molecular formula is C14H18N4S. The van der Waals surface area contributed by atoms with Crippen molar-refractivity contribution in [1.29, 1.82) is 0 Å². The van der Waals surface area contributed by atoms with Gasteiger partial charge in [0.15, 0.2) is 0 Å². The summed E-state index contributed by atoms with van der Waals surface area (Å²) in [6.07, 6.45) is 1.54. The summed E-state index contributed by atoms with van der Waals surface area (Å²) in [6.45, 7) is 6.32. The van der Waals surface area contributed by atoms with Crippen LogP contribution in [0.5, 0.6) is 0 Å². The van der Waals surface area contributed by atoms with E-state index in [4.69, 9.17) is 5.84 Å². The SMILES string of the molecule is Cc1ccccc1Sc1ncnc(NN)c1C(C)C. The van der Waals surface area contributed by atoms with E-state index in [0.717, 1.165) is 10.6 Å². The number of nitrogen functional groups attached to an aromatic ring is 1. The van der Waals surface area contributed by atoms with Gasteiger partial charge >= 0.3 is 0 Å². The predicted octanol–water partition coefficient (Wildman–Crippen LogP) is 3.35. The maximum Gasteiger partial charge on any atom is 0.147 e. The molecule has 0 spiro atoms. The molecule has 1 aromatic heterocycles. The first-order valence-corrected chi connectivity index (χ1v) is 7.00. The summed E-state index contributed by atoms with van der Waals surface area (Å²) in [5.41, 5.74) is 4.95. The van der Waals surface area contributed by atoms with Crippen molar-refractivity contribution < 1.29 is 0 Å². The number of hydrazine groups is 1. The number of hydrogen-bond donors (Lipinski definition) is 2. The number of benzene rings is 1. The van der Waals surface area contributed by atoms with Gasteiger partial charge in [-0.15, -0.1) is 0 Å². The van der Waals surface area contributed by atoms with E-state index in [1.165, 1.54) is 10.5 Å². The Morgan fingerprint density at radius 3 is 2.58 bits per heavy atom. The average Bonchev–Trinajstić information content (AvgIpc) is 2.40. The predicted molar refractivity (Wildman–Crippen MR) is 79.2 cm³/mol. The zero-order valence-electron chi connectivity index (χ0n) is 11.3. The van der Waals surface area contributed by atoms with E-state index in [9.17, 15) is 0 Å². The monoisotopic (exact) mass is 274 g/mol. The Kier molecular flexibility index (Phi) is 4.39. The minimum atomic E-state index is 0.304. The number of aryl methyl sites for hydroxylation is 1. The van der Waals surface area contributed by atoms with Crippen LogP contribution in [-0.2, 0) is 0 Å². The van der Waals surface area contributed by atoms with Crippen molar-refractivity contribution in [2.75, 3.05) is 5.43 Å². The summed E-state index contributed by atoms with van der Waals surface area (Å²) in [7, 11) is 0. The van der Waals surface area contributed by atoms with Gasteiger partial charge in [0.05, 0.1) is 0 Å². The Morgan fingerprint density at radius 2 is 1.95 bits per heavy atom. The van der Waals surface area contributed by atoms with Crippen LogP contribution in [0.4, 0.5) is 5.82 Å². The molecule has 0 aliphatic heterocycles. The minimum Gasteiger partial charge on any atom is -0.308 e. The summed E-state index contributed by atoms with van der Waals surface area (Å²) in [4.78, 5) is 9.78. The smallest absolute Gasteiger partial charge is 0.147 e. The molecule has 2 aromatic rings. The first kappa shape index (κ1) is 13.8. The summed E-state index contributed by atoms with van der Waals surface area (Å²) >= 11 is 1.65. The molecule has 19 heavy (non-hydrogen) atoms. The summed E-state index contributed by atoms with van der Waals surface area (Å²) in [5.74, 6) is 6.53. The number of aromatic nitrogens is 2. The Morgan fingerprint density at radius 1 is 1.21 bits per heavy atom. The third kappa shape index (κ3) is 3.05. The van der Waals surface area contributed by atoms with E-state index in [-0.39, 0.29) is 0 Å². The standard InChI is InChI=1S/C14H18N4S/c1-9(2)12-13(18-15)16-8-17-14(12)19-11-7-5-4-6-10(11)3/h4-9H,15H2,1-3H3,(H,16,17,18). The second-order valence-corrected chi connectivity index (χ2v) is 5.64. The lowest BCUT2D eigenvalue weighted by molar-refractivity contribution is 0.804. The van der Waals surface area contributed by atoms with Crippen LogP contribution in [0, 0.1) is 6.92 Å². The molecular weight excluding hydrogens is 256 g/mol. The molecule has 0 saturated heterocycles. The lowest BCUT2D eigenvalue weighted by Crippen LogP contribution is -2.13. The molecule has 1 heterocycles. The third-order valence-corrected chi connectivity index (χ3v) is 4.06. The van der Waals surface area contributed by atoms with Crippen LogP contribution in [0.25, 0.3) is 0 Å². The van der Waals surface area contributed by atoms with Crippen LogP contribution < -0.4 is 11.3 Å². The van der Waals surface area contributed by atoms with E-state index in [0.29, 0.717) is 11.7 Å². The number of nitrogens with zero attached hydrogens (tertiary/aromatic N) is 2. The van der Waals surface area contributed by atoms with Gasteiger partial charge in [-0.25, -0.2) is 15.8 Å². The Balaban J connectivity index is 2.43. The van der Waals surface area contributed by atoms with Gasteiger partial charge in [0.1, 0.15) is 17.2 Å². The quantitative estimate of drug-likeness (QED) is 0.508. The second-order valence-electron chi connectivity index (χ2n) is 4.61. The van der Waals surface area contributed by atoms with Gasteiger partial charge in [-0.1, -0.05) is 43.8 Å². The molecule has 0 aliphatic carbocycles. The van der Waals surface area contributed by atoms with Gasteiger partial charge in [0, 0.05) is 10.5 Å². The summed E-state index contributed by atoms with van der Waals surface area (Å²) < 4.78 is 0. The number of nitrogens with two attached hydrogens (primary N) is 1. The molecule has 100 valence electrons. The molecule has 0 amide bonds. The van der Waals surface area contributed by atoms with Crippen molar-refractivity contribution in [2.45, 2.75) is 36.6 Å². The Labute approximate surface area is 117 Å². The van der Waals surface area contributed by atoms with Gasteiger partial charge < -0.3 is 5.43 Å². The van der Waals surface area contributed by atoms with Crippen molar-refractivity contribution in [1.82, 2.24) is 9.97 Å². The summed E-state index contributed by atoms with van der Waals surface area (Å²) in [5, 5.41) is 0.951. The molecule has 0 radical (unpaired) electrons. The fourth-order valence-corrected chi connectivity index (χ4v) is 3.00. The first-order valence-electron chi connectivity index (χ1n) is 6.18. The number of nitrogens with one attached hydrogen (secondary N) is 1. The molecule has 0 atom stereocenters. The van der Waals surface area contributed by atoms with Crippen molar-refractivity contribution in [3.8, 4) is 0 Å². The van der Waals surface area contributed by atoms with Gasteiger partial charge in [-0.3, -0.25) is 0 Å². The van der Waals surface area contributed by atoms with Crippen LogP contribution in [0.1, 0.15) is 30.9 Å². The maximum absolute atomic E-state index is 5.53. The zero-order chi connectivity index (χ0) is 13.8. The van der Waals surface area contributed by atoms with Crippen molar-refractivity contribution in [3.63, 3.8) is 0 Å². The van der Waals surface area contributed by atoms with Gasteiger partial charge in [0.25, 0.3) is 0 Å².